The summed E-state index contributed by atoms with van der Waals surface area (Å²) in [6.07, 6.45) is 3.51. The van der Waals surface area contributed by atoms with Crippen molar-refractivity contribution >= 4 is 0 Å². The molecule has 2 atom stereocenters. The van der Waals surface area contributed by atoms with Crippen molar-refractivity contribution in [3.8, 4) is 0 Å². The Morgan fingerprint density at radius 3 is 2.95 bits per heavy atom. The zero-order chi connectivity index (χ0) is 14.8. The number of aryl methyl sites for hydroxylation is 3. The summed E-state index contributed by atoms with van der Waals surface area (Å²) in [6.45, 7) is 5.19. The Morgan fingerprint density at radius 1 is 1.38 bits per heavy atom. The van der Waals surface area contributed by atoms with E-state index in [2.05, 4.69) is 66.3 Å². The molecular formula is C18H25N3. The van der Waals surface area contributed by atoms with E-state index in [4.69, 9.17) is 0 Å². The van der Waals surface area contributed by atoms with Crippen LogP contribution < -0.4 is 5.32 Å². The molecule has 3 heteroatoms. The molecule has 0 saturated heterocycles. The maximum Gasteiger partial charge on any atom is 0.0596 e. The van der Waals surface area contributed by atoms with Crippen LogP contribution in [0.5, 0.6) is 0 Å². The second-order valence-corrected chi connectivity index (χ2v) is 6.04. The molecule has 1 aliphatic carbocycles. The quantitative estimate of drug-likeness (QED) is 0.914. The molecule has 0 bridgehead atoms. The zero-order valence-corrected chi connectivity index (χ0v) is 13.3. The monoisotopic (exact) mass is 283 g/mol. The highest BCUT2D eigenvalue weighted by atomic mass is 15.3. The molecule has 1 aliphatic rings. The van der Waals surface area contributed by atoms with Crippen LogP contribution in [0, 0.1) is 6.92 Å². The van der Waals surface area contributed by atoms with Gasteiger partial charge in [-0.05, 0) is 50.9 Å². The number of nitrogens with zero attached hydrogens (tertiary/aromatic N) is 2. The SMILES string of the molecule is CCn1nc(C)cc1CC(NC)C1CCc2ccccc21. The minimum Gasteiger partial charge on any atom is -0.316 e. The second kappa shape index (κ2) is 6.02. The lowest BCUT2D eigenvalue weighted by molar-refractivity contribution is 0.441. The van der Waals surface area contributed by atoms with Crippen molar-refractivity contribution in [1.82, 2.24) is 15.1 Å². The predicted molar refractivity (Wildman–Crippen MR) is 86.7 cm³/mol. The van der Waals surface area contributed by atoms with Gasteiger partial charge in [-0.3, -0.25) is 4.68 Å². The first-order valence-electron chi connectivity index (χ1n) is 8.01. The number of rotatable bonds is 5. The maximum atomic E-state index is 4.58. The zero-order valence-electron chi connectivity index (χ0n) is 13.3. The lowest BCUT2D eigenvalue weighted by Gasteiger charge is -2.24. The Labute approximate surface area is 127 Å². The standard InChI is InChI=1S/C18H25N3/c1-4-21-15(11-13(2)20-21)12-18(19-3)17-10-9-14-7-5-6-8-16(14)17/h5-8,11,17-19H,4,9-10,12H2,1-3H3. The van der Waals surface area contributed by atoms with E-state index in [1.807, 2.05) is 0 Å². The Morgan fingerprint density at radius 2 is 2.19 bits per heavy atom. The van der Waals surface area contributed by atoms with Crippen molar-refractivity contribution in [1.29, 1.82) is 0 Å². The number of benzene rings is 1. The van der Waals surface area contributed by atoms with Gasteiger partial charge >= 0.3 is 0 Å². The normalized spacial score (nSPS) is 18.7. The molecule has 1 aromatic heterocycles. The summed E-state index contributed by atoms with van der Waals surface area (Å²) in [6, 6.07) is 11.6. The lowest BCUT2D eigenvalue weighted by Crippen LogP contribution is -2.34. The fourth-order valence-electron chi connectivity index (χ4n) is 3.72. The topological polar surface area (TPSA) is 29.9 Å². The van der Waals surface area contributed by atoms with Gasteiger partial charge in [-0.15, -0.1) is 0 Å². The minimum atomic E-state index is 0.482. The van der Waals surface area contributed by atoms with E-state index in [0.29, 0.717) is 12.0 Å². The molecule has 0 radical (unpaired) electrons. The van der Waals surface area contributed by atoms with E-state index < -0.39 is 0 Å². The Hall–Kier alpha value is -1.61. The predicted octanol–water partition coefficient (Wildman–Crippen LogP) is 3.07. The Bertz CT molecular complexity index is 615. The second-order valence-electron chi connectivity index (χ2n) is 6.04. The Kier molecular flexibility index (Phi) is 4.11. The van der Waals surface area contributed by atoms with Crippen LogP contribution in [0.4, 0.5) is 0 Å². The summed E-state index contributed by atoms with van der Waals surface area (Å²) in [5.41, 5.74) is 5.53. The summed E-state index contributed by atoms with van der Waals surface area (Å²) in [4.78, 5) is 0. The number of hydrogen-bond acceptors (Lipinski definition) is 2. The molecule has 3 rings (SSSR count). The first-order valence-corrected chi connectivity index (χ1v) is 8.01. The first-order chi connectivity index (χ1) is 10.2. The number of fused-ring (bicyclic) bond motifs is 1. The molecule has 21 heavy (non-hydrogen) atoms. The molecule has 1 heterocycles. The van der Waals surface area contributed by atoms with Crippen LogP contribution in [0.1, 0.15) is 41.8 Å². The number of aromatic nitrogens is 2. The van der Waals surface area contributed by atoms with E-state index >= 15 is 0 Å². The number of nitrogens with one attached hydrogen (secondary N) is 1. The first kappa shape index (κ1) is 14.3. The van der Waals surface area contributed by atoms with E-state index in [1.165, 1.54) is 29.7 Å². The van der Waals surface area contributed by atoms with Crippen LogP contribution in [0.15, 0.2) is 30.3 Å². The van der Waals surface area contributed by atoms with Crippen LogP contribution in [-0.2, 0) is 19.4 Å². The molecule has 0 amide bonds. The van der Waals surface area contributed by atoms with Crippen LogP contribution in [-0.4, -0.2) is 22.9 Å². The van der Waals surface area contributed by atoms with E-state index in [9.17, 15) is 0 Å². The van der Waals surface area contributed by atoms with Crippen molar-refractivity contribution < 1.29 is 0 Å². The van der Waals surface area contributed by atoms with Crippen LogP contribution >= 0.6 is 0 Å². The third kappa shape index (κ3) is 2.75. The molecule has 1 N–H and O–H groups in total. The van der Waals surface area contributed by atoms with Gasteiger partial charge in [-0.1, -0.05) is 24.3 Å². The average Bonchev–Trinajstić information content (AvgIpc) is 3.08. The molecular weight excluding hydrogens is 258 g/mol. The highest BCUT2D eigenvalue weighted by molar-refractivity contribution is 5.36. The molecule has 0 spiro atoms. The van der Waals surface area contributed by atoms with Gasteiger partial charge in [0.2, 0.25) is 0 Å². The van der Waals surface area contributed by atoms with E-state index in [0.717, 1.165) is 18.7 Å². The summed E-state index contributed by atoms with van der Waals surface area (Å²) in [5.74, 6) is 0.617. The summed E-state index contributed by atoms with van der Waals surface area (Å²) < 4.78 is 2.14. The highest BCUT2D eigenvalue weighted by Gasteiger charge is 2.29. The van der Waals surface area contributed by atoms with Crippen LogP contribution in [0.25, 0.3) is 0 Å². The molecule has 2 unspecified atom stereocenters. The van der Waals surface area contributed by atoms with Gasteiger partial charge in [0, 0.05) is 30.6 Å². The number of hydrogen-bond donors (Lipinski definition) is 1. The van der Waals surface area contributed by atoms with Crippen molar-refractivity contribution in [2.24, 2.45) is 0 Å². The smallest absolute Gasteiger partial charge is 0.0596 e. The Balaban J connectivity index is 1.83. The van der Waals surface area contributed by atoms with Crippen molar-refractivity contribution in [3.63, 3.8) is 0 Å². The maximum absolute atomic E-state index is 4.58. The van der Waals surface area contributed by atoms with Crippen molar-refractivity contribution in [2.75, 3.05) is 7.05 Å². The van der Waals surface area contributed by atoms with Gasteiger partial charge in [0.15, 0.2) is 0 Å². The van der Waals surface area contributed by atoms with Gasteiger partial charge in [0.05, 0.1) is 5.69 Å². The van der Waals surface area contributed by atoms with Gasteiger partial charge in [0.1, 0.15) is 0 Å². The highest BCUT2D eigenvalue weighted by Crippen LogP contribution is 2.36. The van der Waals surface area contributed by atoms with Crippen molar-refractivity contribution in [3.05, 3.63) is 52.8 Å². The number of likely N-dealkylation sites (N-methyl/N-ethyl adjacent to an activating group) is 1. The van der Waals surface area contributed by atoms with Crippen molar-refractivity contribution in [2.45, 2.75) is 51.6 Å². The van der Waals surface area contributed by atoms with E-state index in [-0.39, 0.29) is 0 Å². The summed E-state index contributed by atoms with van der Waals surface area (Å²) in [5, 5.41) is 8.13. The molecule has 0 fully saturated rings. The molecule has 3 nitrogen and oxygen atoms in total. The summed E-state index contributed by atoms with van der Waals surface area (Å²) >= 11 is 0. The van der Waals surface area contributed by atoms with Gasteiger partial charge < -0.3 is 5.32 Å². The van der Waals surface area contributed by atoms with Crippen LogP contribution in [0.2, 0.25) is 0 Å². The molecule has 2 aromatic rings. The third-order valence-corrected chi connectivity index (χ3v) is 4.75. The minimum absolute atomic E-state index is 0.482. The van der Waals surface area contributed by atoms with Gasteiger partial charge in [-0.25, -0.2) is 0 Å². The lowest BCUT2D eigenvalue weighted by atomic mass is 9.90. The van der Waals surface area contributed by atoms with Gasteiger partial charge in [-0.2, -0.15) is 5.10 Å². The molecule has 0 saturated carbocycles. The third-order valence-electron chi connectivity index (χ3n) is 4.75. The molecule has 112 valence electrons. The van der Waals surface area contributed by atoms with Crippen LogP contribution in [0.3, 0.4) is 0 Å². The average molecular weight is 283 g/mol. The fourth-order valence-corrected chi connectivity index (χ4v) is 3.72. The molecule has 0 aliphatic heterocycles. The van der Waals surface area contributed by atoms with Gasteiger partial charge in [0.25, 0.3) is 0 Å². The molecule has 1 aromatic carbocycles. The van der Waals surface area contributed by atoms with E-state index in [1.54, 1.807) is 0 Å². The fraction of sp³-hybridized carbons (Fsp3) is 0.500. The largest absolute Gasteiger partial charge is 0.316 e. The summed E-state index contributed by atoms with van der Waals surface area (Å²) in [7, 11) is 2.09.